The minimum absolute atomic E-state index is 0.105. The molecule has 2 N–H and O–H groups in total. The van der Waals surface area contributed by atoms with Crippen LogP contribution in [0.1, 0.15) is 33.6 Å². The summed E-state index contributed by atoms with van der Waals surface area (Å²) in [6.07, 6.45) is 1.92. The molecule has 4 nitrogen and oxygen atoms in total. The number of carbonyl (C=O) groups excluding carboxylic acids is 1. The molecule has 1 aliphatic heterocycles. The zero-order chi connectivity index (χ0) is 11.5. The van der Waals surface area contributed by atoms with Crippen molar-refractivity contribution in [1.82, 2.24) is 0 Å². The van der Waals surface area contributed by atoms with Crippen LogP contribution in [0.4, 0.5) is 0 Å². The highest BCUT2D eigenvalue weighted by atomic mass is 16.6. The Kier molecular flexibility index (Phi) is 4.11. The molecule has 4 heteroatoms. The average molecular weight is 215 g/mol. The standard InChI is InChI=1S/C11H21NO3/c1-11(2,3)15-10(13)9(12)8-5-4-6-14-7-8/h8-9H,4-7,12H2,1-3H3. The third kappa shape index (κ3) is 4.18. The Balaban J connectivity index is 2.44. The fraction of sp³-hybridized carbons (Fsp3) is 0.909. The SMILES string of the molecule is CC(C)(C)OC(=O)C(N)C1CCCOC1. The van der Waals surface area contributed by atoms with Gasteiger partial charge in [0, 0.05) is 12.5 Å². The van der Waals surface area contributed by atoms with Gasteiger partial charge < -0.3 is 15.2 Å². The highest BCUT2D eigenvalue weighted by Gasteiger charge is 2.30. The third-order valence-corrected chi connectivity index (χ3v) is 2.38. The lowest BCUT2D eigenvalue weighted by molar-refractivity contribution is -0.159. The van der Waals surface area contributed by atoms with Gasteiger partial charge in [-0.2, -0.15) is 0 Å². The molecular weight excluding hydrogens is 194 g/mol. The lowest BCUT2D eigenvalue weighted by atomic mass is 9.94. The molecule has 0 aromatic carbocycles. The van der Waals surface area contributed by atoms with Crippen molar-refractivity contribution in [1.29, 1.82) is 0 Å². The second-order valence-electron chi connectivity index (χ2n) is 5.04. The molecule has 0 aromatic heterocycles. The van der Waals surface area contributed by atoms with Crippen LogP contribution in [0.5, 0.6) is 0 Å². The summed E-state index contributed by atoms with van der Waals surface area (Å²) in [5, 5.41) is 0. The highest BCUT2D eigenvalue weighted by Crippen LogP contribution is 2.18. The molecule has 0 amide bonds. The fourth-order valence-corrected chi connectivity index (χ4v) is 1.61. The molecule has 0 bridgehead atoms. The Morgan fingerprint density at radius 2 is 2.20 bits per heavy atom. The van der Waals surface area contributed by atoms with E-state index < -0.39 is 11.6 Å². The first-order valence-corrected chi connectivity index (χ1v) is 5.46. The summed E-state index contributed by atoms with van der Waals surface area (Å²) in [5.74, 6) is -0.216. The number of esters is 1. The molecular formula is C11H21NO3. The van der Waals surface area contributed by atoms with Gasteiger partial charge in [-0.1, -0.05) is 0 Å². The summed E-state index contributed by atoms with van der Waals surface area (Å²) in [5.41, 5.74) is 5.38. The number of carbonyl (C=O) groups is 1. The van der Waals surface area contributed by atoms with Crippen LogP contribution in [0.2, 0.25) is 0 Å². The van der Waals surface area contributed by atoms with Crippen molar-refractivity contribution in [2.45, 2.75) is 45.3 Å². The fourth-order valence-electron chi connectivity index (χ4n) is 1.61. The van der Waals surface area contributed by atoms with E-state index in [9.17, 15) is 4.79 Å². The third-order valence-electron chi connectivity index (χ3n) is 2.38. The van der Waals surface area contributed by atoms with Crippen LogP contribution in [0.3, 0.4) is 0 Å². The number of nitrogens with two attached hydrogens (primary N) is 1. The molecule has 0 saturated carbocycles. The van der Waals surface area contributed by atoms with Crippen LogP contribution >= 0.6 is 0 Å². The van der Waals surface area contributed by atoms with E-state index >= 15 is 0 Å². The van der Waals surface area contributed by atoms with Gasteiger partial charge in [0.05, 0.1) is 6.61 Å². The first-order chi connectivity index (χ1) is 6.90. The topological polar surface area (TPSA) is 61.5 Å². The summed E-state index contributed by atoms with van der Waals surface area (Å²) in [6, 6.07) is -0.551. The van der Waals surface area contributed by atoms with Gasteiger partial charge in [-0.05, 0) is 33.6 Å². The van der Waals surface area contributed by atoms with Gasteiger partial charge in [-0.3, -0.25) is 4.79 Å². The van der Waals surface area contributed by atoms with Crippen LogP contribution in [0.15, 0.2) is 0 Å². The Labute approximate surface area is 91.1 Å². The zero-order valence-electron chi connectivity index (χ0n) is 9.79. The van der Waals surface area contributed by atoms with E-state index in [-0.39, 0.29) is 11.9 Å². The second-order valence-corrected chi connectivity index (χ2v) is 5.04. The lowest BCUT2D eigenvalue weighted by Crippen LogP contribution is -2.45. The number of ether oxygens (including phenoxy) is 2. The van der Waals surface area contributed by atoms with Crippen molar-refractivity contribution in [3.05, 3.63) is 0 Å². The van der Waals surface area contributed by atoms with Gasteiger partial charge in [-0.25, -0.2) is 0 Å². The second kappa shape index (κ2) is 4.94. The summed E-state index contributed by atoms with van der Waals surface area (Å²) < 4.78 is 10.5. The normalized spacial score (nSPS) is 24.7. The van der Waals surface area contributed by atoms with Crippen LogP contribution in [0.25, 0.3) is 0 Å². The van der Waals surface area contributed by atoms with Gasteiger partial charge in [0.2, 0.25) is 0 Å². The maximum Gasteiger partial charge on any atom is 0.323 e. The smallest absolute Gasteiger partial charge is 0.323 e. The van der Waals surface area contributed by atoms with E-state index in [4.69, 9.17) is 15.2 Å². The monoisotopic (exact) mass is 215 g/mol. The molecule has 2 unspecified atom stereocenters. The molecule has 0 aromatic rings. The van der Waals surface area contributed by atoms with Crippen molar-refractivity contribution in [3.8, 4) is 0 Å². The van der Waals surface area contributed by atoms with Gasteiger partial charge in [0.25, 0.3) is 0 Å². The molecule has 88 valence electrons. The van der Waals surface area contributed by atoms with Crippen molar-refractivity contribution in [2.75, 3.05) is 13.2 Å². The first kappa shape index (κ1) is 12.5. The Morgan fingerprint density at radius 1 is 1.53 bits per heavy atom. The number of hydrogen-bond donors (Lipinski definition) is 1. The molecule has 2 atom stereocenters. The minimum atomic E-state index is -0.551. The molecule has 15 heavy (non-hydrogen) atoms. The maximum absolute atomic E-state index is 11.7. The van der Waals surface area contributed by atoms with Gasteiger partial charge >= 0.3 is 5.97 Å². The predicted octanol–water partition coefficient (Wildman–Crippen LogP) is 1.08. The van der Waals surface area contributed by atoms with Gasteiger partial charge in [0.15, 0.2) is 0 Å². The number of hydrogen-bond acceptors (Lipinski definition) is 4. The molecule has 0 radical (unpaired) electrons. The summed E-state index contributed by atoms with van der Waals surface area (Å²) in [4.78, 5) is 11.7. The van der Waals surface area contributed by atoms with Crippen molar-refractivity contribution in [2.24, 2.45) is 11.7 Å². The molecule has 1 heterocycles. The highest BCUT2D eigenvalue weighted by molar-refractivity contribution is 5.76. The number of rotatable bonds is 2. The summed E-state index contributed by atoms with van der Waals surface area (Å²) in [6.45, 7) is 6.87. The van der Waals surface area contributed by atoms with E-state index in [0.29, 0.717) is 6.61 Å². The Morgan fingerprint density at radius 3 is 2.67 bits per heavy atom. The lowest BCUT2D eigenvalue weighted by Gasteiger charge is -2.29. The molecule has 0 spiro atoms. The van der Waals surface area contributed by atoms with E-state index in [1.165, 1.54) is 0 Å². The predicted molar refractivity (Wildman–Crippen MR) is 57.4 cm³/mol. The van der Waals surface area contributed by atoms with Crippen LogP contribution in [-0.2, 0) is 14.3 Å². The first-order valence-electron chi connectivity index (χ1n) is 5.46. The molecule has 1 aliphatic rings. The molecule has 0 aliphatic carbocycles. The van der Waals surface area contributed by atoms with Crippen molar-refractivity contribution < 1.29 is 14.3 Å². The van der Waals surface area contributed by atoms with E-state index in [0.717, 1.165) is 19.4 Å². The molecule has 1 rings (SSSR count). The van der Waals surface area contributed by atoms with E-state index in [1.54, 1.807) is 0 Å². The Bertz CT molecular complexity index is 216. The quantitative estimate of drug-likeness (QED) is 0.700. The molecule has 1 saturated heterocycles. The van der Waals surface area contributed by atoms with Crippen molar-refractivity contribution in [3.63, 3.8) is 0 Å². The summed E-state index contributed by atoms with van der Waals surface area (Å²) >= 11 is 0. The van der Waals surface area contributed by atoms with E-state index in [1.807, 2.05) is 20.8 Å². The van der Waals surface area contributed by atoms with Crippen LogP contribution in [0, 0.1) is 5.92 Å². The zero-order valence-corrected chi connectivity index (χ0v) is 9.79. The average Bonchev–Trinajstić information content (AvgIpc) is 2.15. The largest absolute Gasteiger partial charge is 0.459 e. The molecule has 1 fully saturated rings. The maximum atomic E-state index is 11.7. The minimum Gasteiger partial charge on any atom is -0.459 e. The van der Waals surface area contributed by atoms with Crippen LogP contribution in [-0.4, -0.2) is 30.8 Å². The Hall–Kier alpha value is -0.610. The van der Waals surface area contributed by atoms with Gasteiger partial charge in [-0.15, -0.1) is 0 Å². The van der Waals surface area contributed by atoms with Crippen molar-refractivity contribution >= 4 is 5.97 Å². The van der Waals surface area contributed by atoms with Gasteiger partial charge in [0.1, 0.15) is 11.6 Å². The summed E-state index contributed by atoms with van der Waals surface area (Å²) in [7, 11) is 0. The van der Waals surface area contributed by atoms with E-state index in [2.05, 4.69) is 0 Å². The van der Waals surface area contributed by atoms with Crippen LogP contribution < -0.4 is 5.73 Å².